The second-order valence-corrected chi connectivity index (χ2v) is 7.05. The number of carboxylic acids is 1. The van der Waals surface area contributed by atoms with E-state index in [1.807, 2.05) is 0 Å². The Hall–Kier alpha value is -1.45. The van der Waals surface area contributed by atoms with Gasteiger partial charge in [0.2, 0.25) is 10.0 Å². The summed E-state index contributed by atoms with van der Waals surface area (Å²) in [7, 11) is -2.69. The molecule has 2 rings (SSSR count). The molecular formula is C11H13NO6S2. The minimum atomic E-state index is -3.90. The number of sulfonamides is 1. The van der Waals surface area contributed by atoms with Crippen LogP contribution in [-0.2, 0) is 19.6 Å². The van der Waals surface area contributed by atoms with Crippen LogP contribution >= 0.6 is 11.3 Å². The van der Waals surface area contributed by atoms with Gasteiger partial charge in [0.1, 0.15) is 10.9 Å². The number of nitrogens with zero attached hydrogens (tertiary/aromatic N) is 1. The molecule has 0 bridgehead atoms. The molecule has 1 N–H and O–H groups in total. The number of ether oxygens (including phenoxy) is 1. The van der Waals surface area contributed by atoms with Crippen molar-refractivity contribution in [2.24, 2.45) is 0 Å². The number of hydrogen-bond donors (Lipinski definition) is 1. The number of methoxy groups -OCH3 is 1. The van der Waals surface area contributed by atoms with E-state index in [0.717, 1.165) is 15.6 Å². The molecule has 0 aromatic carbocycles. The van der Waals surface area contributed by atoms with Crippen LogP contribution in [0.25, 0.3) is 0 Å². The second-order valence-electron chi connectivity index (χ2n) is 4.25. The normalized spacial score (nSPS) is 19.9. The van der Waals surface area contributed by atoms with E-state index in [4.69, 9.17) is 5.11 Å². The molecule has 7 nitrogen and oxygen atoms in total. The zero-order valence-electron chi connectivity index (χ0n) is 10.6. The van der Waals surface area contributed by atoms with E-state index in [-0.39, 0.29) is 16.3 Å². The molecule has 2 heterocycles. The first kappa shape index (κ1) is 14.9. The Bertz CT molecular complexity index is 635. The van der Waals surface area contributed by atoms with Gasteiger partial charge in [-0.15, -0.1) is 11.3 Å². The Labute approximate surface area is 119 Å². The Morgan fingerprint density at radius 2 is 2.20 bits per heavy atom. The first-order valence-electron chi connectivity index (χ1n) is 5.79. The number of rotatable bonds is 4. The molecule has 20 heavy (non-hydrogen) atoms. The van der Waals surface area contributed by atoms with Crippen molar-refractivity contribution in [3.8, 4) is 0 Å². The number of carbonyl (C=O) groups excluding carboxylic acids is 1. The molecule has 9 heteroatoms. The fourth-order valence-corrected chi connectivity index (χ4v) is 4.90. The third-order valence-electron chi connectivity index (χ3n) is 3.06. The van der Waals surface area contributed by atoms with Crippen molar-refractivity contribution in [1.82, 2.24) is 4.31 Å². The quantitative estimate of drug-likeness (QED) is 0.823. The Morgan fingerprint density at radius 1 is 1.50 bits per heavy atom. The number of aliphatic carboxylic acids is 1. The van der Waals surface area contributed by atoms with Crippen LogP contribution in [0, 0.1) is 0 Å². The smallest absolute Gasteiger partial charge is 0.348 e. The van der Waals surface area contributed by atoms with Crippen LogP contribution in [-0.4, -0.2) is 49.5 Å². The summed E-state index contributed by atoms with van der Waals surface area (Å²) in [6.45, 7) is 0.169. The van der Waals surface area contributed by atoms with E-state index >= 15 is 0 Å². The van der Waals surface area contributed by atoms with Gasteiger partial charge < -0.3 is 9.84 Å². The third kappa shape index (κ3) is 2.56. The number of carboxylic acid groups (broad SMARTS) is 1. The monoisotopic (exact) mass is 319 g/mol. The Balaban J connectivity index is 2.33. The van der Waals surface area contributed by atoms with E-state index in [1.165, 1.54) is 18.6 Å². The molecule has 1 aliphatic heterocycles. The fourth-order valence-electron chi connectivity index (χ4n) is 2.07. The maximum Gasteiger partial charge on any atom is 0.348 e. The second kappa shape index (κ2) is 5.51. The molecule has 1 saturated heterocycles. The minimum Gasteiger partial charge on any atom is -0.480 e. The van der Waals surface area contributed by atoms with Gasteiger partial charge in [-0.2, -0.15) is 4.31 Å². The highest BCUT2D eigenvalue weighted by Crippen LogP contribution is 2.29. The van der Waals surface area contributed by atoms with Crippen molar-refractivity contribution in [3.63, 3.8) is 0 Å². The zero-order valence-corrected chi connectivity index (χ0v) is 12.2. The van der Waals surface area contributed by atoms with E-state index in [0.29, 0.717) is 12.8 Å². The third-order valence-corrected chi connectivity index (χ3v) is 6.00. The predicted octanol–water partition coefficient (Wildman–Crippen LogP) is 0.772. The first-order valence-corrected chi connectivity index (χ1v) is 8.11. The molecule has 1 fully saturated rings. The number of hydrogen-bond acceptors (Lipinski definition) is 6. The average molecular weight is 319 g/mol. The van der Waals surface area contributed by atoms with Crippen LogP contribution in [0.4, 0.5) is 0 Å². The number of esters is 1. The highest BCUT2D eigenvalue weighted by Gasteiger charge is 2.40. The molecule has 0 spiro atoms. The maximum absolute atomic E-state index is 12.4. The number of carbonyl (C=O) groups is 2. The molecule has 1 atom stereocenters. The molecule has 1 aliphatic rings. The Morgan fingerprint density at radius 3 is 2.80 bits per heavy atom. The zero-order chi connectivity index (χ0) is 14.9. The summed E-state index contributed by atoms with van der Waals surface area (Å²) in [6.07, 6.45) is 0.798. The lowest BCUT2D eigenvalue weighted by molar-refractivity contribution is -0.140. The lowest BCUT2D eigenvalue weighted by Gasteiger charge is -2.19. The minimum absolute atomic E-state index is 0.0731. The van der Waals surface area contributed by atoms with Crippen molar-refractivity contribution in [3.05, 3.63) is 16.3 Å². The van der Waals surface area contributed by atoms with Crippen molar-refractivity contribution >= 4 is 33.3 Å². The predicted molar refractivity (Wildman–Crippen MR) is 70.2 cm³/mol. The van der Waals surface area contributed by atoms with Crippen LogP contribution in [0.15, 0.2) is 16.3 Å². The molecule has 0 amide bonds. The van der Waals surface area contributed by atoms with Crippen molar-refractivity contribution in [2.75, 3.05) is 13.7 Å². The molecule has 0 saturated carbocycles. The van der Waals surface area contributed by atoms with Crippen molar-refractivity contribution < 1.29 is 27.9 Å². The van der Waals surface area contributed by atoms with Crippen molar-refractivity contribution in [1.29, 1.82) is 0 Å². The largest absolute Gasteiger partial charge is 0.480 e. The molecule has 1 aromatic heterocycles. The molecule has 1 aromatic rings. The Kier molecular flexibility index (Phi) is 4.11. The summed E-state index contributed by atoms with van der Waals surface area (Å²) in [5.41, 5.74) is 0. The topological polar surface area (TPSA) is 101 Å². The molecular weight excluding hydrogens is 306 g/mol. The van der Waals surface area contributed by atoms with Gasteiger partial charge >= 0.3 is 11.9 Å². The van der Waals surface area contributed by atoms with E-state index < -0.39 is 28.0 Å². The van der Waals surface area contributed by atoms with Crippen LogP contribution in [0.1, 0.15) is 22.5 Å². The summed E-state index contributed by atoms with van der Waals surface area (Å²) in [6, 6.07) is 0.171. The van der Waals surface area contributed by atoms with Crippen LogP contribution in [0.5, 0.6) is 0 Å². The van der Waals surface area contributed by atoms with Gasteiger partial charge in [0.15, 0.2) is 0 Å². The average Bonchev–Trinajstić information content (AvgIpc) is 3.06. The maximum atomic E-state index is 12.4. The standard InChI is InChI=1S/C11H13NO6S2/c1-18-11(15)9-5-7(6-19-9)20(16,17)12-4-2-3-8(12)10(13)14/h5-6,8H,2-4H2,1H3,(H,13,14). The summed E-state index contributed by atoms with van der Waals surface area (Å²) in [5, 5.41) is 10.4. The fraction of sp³-hybridized carbons (Fsp3) is 0.455. The van der Waals surface area contributed by atoms with Gasteiger partial charge in [-0.1, -0.05) is 0 Å². The van der Waals surface area contributed by atoms with E-state index in [9.17, 15) is 18.0 Å². The molecule has 0 radical (unpaired) electrons. The summed E-state index contributed by atoms with van der Waals surface area (Å²) in [5.74, 6) is -1.78. The van der Waals surface area contributed by atoms with Gasteiger partial charge in [-0.3, -0.25) is 4.79 Å². The molecule has 0 aliphatic carbocycles. The summed E-state index contributed by atoms with van der Waals surface area (Å²) in [4.78, 5) is 22.5. The summed E-state index contributed by atoms with van der Waals surface area (Å²) >= 11 is 0.950. The SMILES string of the molecule is COC(=O)c1cc(S(=O)(=O)N2CCCC2C(=O)O)cs1. The lowest BCUT2D eigenvalue weighted by Crippen LogP contribution is -2.40. The molecule has 1 unspecified atom stereocenters. The highest BCUT2D eigenvalue weighted by molar-refractivity contribution is 7.89. The van der Waals surface area contributed by atoms with Crippen LogP contribution < -0.4 is 0 Å². The van der Waals surface area contributed by atoms with Gasteiger partial charge in [0.05, 0.1) is 12.0 Å². The van der Waals surface area contributed by atoms with Gasteiger partial charge in [-0.25, -0.2) is 13.2 Å². The van der Waals surface area contributed by atoms with Gasteiger partial charge in [0.25, 0.3) is 0 Å². The van der Waals surface area contributed by atoms with E-state index in [1.54, 1.807) is 0 Å². The van der Waals surface area contributed by atoms with Crippen molar-refractivity contribution in [2.45, 2.75) is 23.8 Å². The van der Waals surface area contributed by atoms with Crippen LogP contribution in [0.2, 0.25) is 0 Å². The van der Waals surface area contributed by atoms with E-state index in [2.05, 4.69) is 4.74 Å². The van der Waals surface area contributed by atoms with Crippen LogP contribution in [0.3, 0.4) is 0 Å². The molecule has 110 valence electrons. The van der Waals surface area contributed by atoms with Gasteiger partial charge in [0, 0.05) is 11.9 Å². The number of thiophene rings is 1. The first-order chi connectivity index (χ1) is 9.37. The highest BCUT2D eigenvalue weighted by atomic mass is 32.2. The lowest BCUT2D eigenvalue weighted by atomic mass is 10.2. The summed E-state index contributed by atoms with van der Waals surface area (Å²) < 4.78 is 30.3. The van der Waals surface area contributed by atoms with Gasteiger partial charge in [-0.05, 0) is 18.9 Å².